The molecule has 2 aromatic rings. The van der Waals surface area contributed by atoms with Gasteiger partial charge in [0.1, 0.15) is 5.75 Å². The number of nitrogens with one attached hydrogen (secondary N) is 1. The molecule has 2 amide bonds. The number of aryl methyl sites for hydroxylation is 1. The van der Waals surface area contributed by atoms with Crippen LogP contribution in [0.3, 0.4) is 0 Å². The summed E-state index contributed by atoms with van der Waals surface area (Å²) in [5.41, 5.74) is 4.24. The molecule has 3 rings (SSSR count). The second-order valence-corrected chi connectivity index (χ2v) is 6.17. The molecule has 1 N–H and O–H groups in total. The molecular formula is C18H15NO3S. The van der Waals surface area contributed by atoms with Gasteiger partial charge in [-0.3, -0.25) is 14.9 Å². The third-order valence-corrected chi connectivity index (χ3v) is 4.41. The summed E-state index contributed by atoms with van der Waals surface area (Å²) in [7, 11) is 1.65. The lowest BCUT2D eigenvalue weighted by Gasteiger charge is -2.08. The first-order chi connectivity index (χ1) is 11.1. The van der Waals surface area contributed by atoms with Crippen molar-refractivity contribution in [2.45, 2.75) is 6.92 Å². The van der Waals surface area contributed by atoms with Crippen molar-refractivity contribution < 1.29 is 14.3 Å². The SMILES string of the molecule is COc1ccc(-c2ccc(C=C3SC(=O)NC3=O)cc2)c(C)c1. The van der Waals surface area contributed by atoms with E-state index < -0.39 is 0 Å². The van der Waals surface area contributed by atoms with E-state index in [4.69, 9.17) is 4.74 Å². The predicted octanol–water partition coefficient (Wildman–Crippen LogP) is 3.99. The monoisotopic (exact) mass is 325 g/mol. The molecule has 5 heteroatoms. The van der Waals surface area contributed by atoms with Crippen LogP contribution < -0.4 is 10.1 Å². The molecule has 0 spiro atoms. The van der Waals surface area contributed by atoms with Crippen LogP contribution in [0, 0.1) is 6.92 Å². The molecule has 1 saturated heterocycles. The van der Waals surface area contributed by atoms with Gasteiger partial charge in [0.05, 0.1) is 12.0 Å². The lowest BCUT2D eigenvalue weighted by molar-refractivity contribution is -0.115. The summed E-state index contributed by atoms with van der Waals surface area (Å²) in [5, 5.41) is 1.92. The average molecular weight is 325 g/mol. The maximum atomic E-state index is 11.5. The minimum absolute atomic E-state index is 0.327. The van der Waals surface area contributed by atoms with E-state index in [1.165, 1.54) is 0 Å². The van der Waals surface area contributed by atoms with Crippen molar-refractivity contribution in [2.24, 2.45) is 0 Å². The molecule has 0 atom stereocenters. The van der Waals surface area contributed by atoms with Gasteiger partial charge in [0.2, 0.25) is 0 Å². The zero-order chi connectivity index (χ0) is 16.4. The number of amides is 2. The van der Waals surface area contributed by atoms with Crippen molar-refractivity contribution in [2.75, 3.05) is 7.11 Å². The molecule has 1 aliphatic rings. The number of carbonyl (C=O) groups excluding carboxylic acids is 2. The van der Waals surface area contributed by atoms with E-state index in [0.29, 0.717) is 4.91 Å². The smallest absolute Gasteiger partial charge is 0.290 e. The summed E-state index contributed by atoms with van der Waals surface area (Å²) in [6, 6.07) is 13.8. The molecule has 1 fully saturated rings. The molecule has 1 heterocycles. The molecule has 0 aliphatic carbocycles. The lowest BCUT2D eigenvalue weighted by atomic mass is 9.99. The van der Waals surface area contributed by atoms with Gasteiger partial charge in [0.15, 0.2) is 0 Å². The van der Waals surface area contributed by atoms with E-state index in [1.54, 1.807) is 13.2 Å². The fourth-order valence-corrected chi connectivity index (χ4v) is 3.10. The van der Waals surface area contributed by atoms with Crippen molar-refractivity contribution in [3.05, 3.63) is 58.5 Å². The van der Waals surface area contributed by atoms with Gasteiger partial charge < -0.3 is 4.74 Å². The number of thioether (sulfide) groups is 1. The van der Waals surface area contributed by atoms with E-state index in [9.17, 15) is 9.59 Å². The summed E-state index contributed by atoms with van der Waals surface area (Å²) >= 11 is 0.923. The molecular weight excluding hydrogens is 310 g/mol. The van der Waals surface area contributed by atoms with E-state index in [0.717, 1.165) is 39.8 Å². The van der Waals surface area contributed by atoms with E-state index in [1.807, 2.05) is 49.4 Å². The third kappa shape index (κ3) is 3.29. The Morgan fingerprint density at radius 1 is 1.09 bits per heavy atom. The first-order valence-electron chi connectivity index (χ1n) is 7.07. The molecule has 4 nitrogen and oxygen atoms in total. The van der Waals surface area contributed by atoms with Crippen LogP contribution in [-0.4, -0.2) is 18.3 Å². The fourth-order valence-electron chi connectivity index (χ4n) is 2.42. The Hall–Kier alpha value is -2.53. The van der Waals surface area contributed by atoms with Crippen molar-refractivity contribution >= 4 is 29.0 Å². The van der Waals surface area contributed by atoms with Crippen LogP contribution in [0.15, 0.2) is 47.4 Å². The first kappa shape index (κ1) is 15.4. The molecule has 0 bridgehead atoms. The highest BCUT2D eigenvalue weighted by atomic mass is 32.2. The third-order valence-electron chi connectivity index (χ3n) is 3.60. The van der Waals surface area contributed by atoms with Crippen LogP contribution in [0.25, 0.3) is 17.2 Å². The highest BCUT2D eigenvalue weighted by Gasteiger charge is 2.24. The van der Waals surface area contributed by atoms with E-state index in [2.05, 4.69) is 5.32 Å². The molecule has 116 valence electrons. The average Bonchev–Trinajstić information content (AvgIpc) is 2.85. The van der Waals surface area contributed by atoms with Gasteiger partial charge in [0.25, 0.3) is 11.1 Å². The largest absolute Gasteiger partial charge is 0.497 e. The summed E-state index contributed by atoms with van der Waals surface area (Å²) < 4.78 is 5.22. The van der Waals surface area contributed by atoms with Gasteiger partial charge >= 0.3 is 0 Å². The number of carbonyl (C=O) groups is 2. The van der Waals surface area contributed by atoms with Gasteiger partial charge in [-0.15, -0.1) is 0 Å². The summed E-state index contributed by atoms with van der Waals surface area (Å²) in [6.45, 7) is 2.04. The molecule has 0 radical (unpaired) electrons. The zero-order valence-electron chi connectivity index (χ0n) is 12.8. The molecule has 0 saturated carbocycles. The predicted molar refractivity (Wildman–Crippen MR) is 92.3 cm³/mol. The minimum atomic E-state index is -0.338. The topological polar surface area (TPSA) is 55.4 Å². The van der Waals surface area contributed by atoms with E-state index >= 15 is 0 Å². The van der Waals surface area contributed by atoms with Crippen LogP contribution in [0.5, 0.6) is 5.75 Å². The van der Waals surface area contributed by atoms with Gasteiger partial charge in [0, 0.05) is 0 Å². The Kier molecular flexibility index (Phi) is 4.21. The number of ether oxygens (including phenoxy) is 1. The second-order valence-electron chi connectivity index (χ2n) is 5.16. The normalized spacial score (nSPS) is 15.8. The Morgan fingerprint density at radius 2 is 1.83 bits per heavy atom. The van der Waals surface area contributed by atoms with Gasteiger partial charge in [-0.05, 0) is 59.1 Å². The molecule has 1 aliphatic heterocycles. The maximum absolute atomic E-state index is 11.5. The number of methoxy groups -OCH3 is 1. The highest BCUT2D eigenvalue weighted by molar-refractivity contribution is 8.18. The Bertz CT molecular complexity index is 810. The highest BCUT2D eigenvalue weighted by Crippen LogP contribution is 2.29. The molecule has 0 aromatic heterocycles. The maximum Gasteiger partial charge on any atom is 0.290 e. The van der Waals surface area contributed by atoms with Crippen LogP contribution in [0.2, 0.25) is 0 Å². The minimum Gasteiger partial charge on any atom is -0.497 e. The first-order valence-corrected chi connectivity index (χ1v) is 7.88. The molecule has 2 aromatic carbocycles. The number of hydrogen-bond acceptors (Lipinski definition) is 4. The Balaban J connectivity index is 1.87. The van der Waals surface area contributed by atoms with Crippen molar-refractivity contribution in [3.8, 4) is 16.9 Å². The molecule has 0 unspecified atom stereocenters. The molecule has 23 heavy (non-hydrogen) atoms. The Morgan fingerprint density at radius 3 is 2.39 bits per heavy atom. The van der Waals surface area contributed by atoms with Gasteiger partial charge in [-0.1, -0.05) is 30.3 Å². The number of benzene rings is 2. The second kappa shape index (κ2) is 6.30. The summed E-state index contributed by atoms with van der Waals surface area (Å²) in [6.07, 6.45) is 1.72. The number of imide groups is 1. The van der Waals surface area contributed by atoms with Crippen LogP contribution in [0.1, 0.15) is 11.1 Å². The van der Waals surface area contributed by atoms with Gasteiger partial charge in [-0.25, -0.2) is 0 Å². The Labute approximate surface area is 138 Å². The van der Waals surface area contributed by atoms with Crippen LogP contribution in [0.4, 0.5) is 4.79 Å². The van der Waals surface area contributed by atoms with Gasteiger partial charge in [-0.2, -0.15) is 0 Å². The standard InChI is InChI=1S/C18H15NO3S/c1-11-9-14(22-2)7-8-15(11)13-5-3-12(4-6-13)10-16-17(20)19-18(21)23-16/h3-10H,1-2H3,(H,19,20,21). The van der Waals surface area contributed by atoms with Crippen LogP contribution >= 0.6 is 11.8 Å². The van der Waals surface area contributed by atoms with Crippen molar-refractivity contribution in [3.63, 3.8) is 0 Å². The van der Waals surface area contributed by atoms with E-state index in [-0.39, 0.29) is 11.1 Å². The number of hydrogen-bond donors (Lipinski definition) is 1. The zero-order valence-corrected chi connectivity index (χ0v) is 13.6. The summed E-state index contributed by atoms with van der Waals surface area (Å²) in [4.78, 5) is 23.1. The van der Waals surface area contributed by atoms with Crippen molar-refractivity contribution in [1.82, 2.24) is 5.32 Å². The number of rotatable bonds is 3. The quantitative estimate of drug-likeness (QED) is 0.867. The fraction of sp³-hybridized carbons (Fsp3) is 0.111. The summed E-state index contributed by atoms with van der Waals surface area (Å²) in [5.74, 6) is 0.497. The van der Waals surface area contributed by atoms with Crippen molar-refractivity contribution in [1.29, 1.82) is 0 Å². The van der Waals surface area contributed by atoms with Crippen LogP contribution in [-0.2, 0) is 4.79 Å². The lowest BCUT2D eigenvalue weighted by Crippen LogP contribution is -2.17.